The van der Waals surface area contributed by atoms with E-state index in [2.05, 4.69) is 0 Å². The molecule has 18 N–H and O–H groups in total. The zero-order valence-corrected chi connectivity index (χ0v) is 33.8. The lowest BCUT2D eigenvalue weighted by Gasteiger charge is -2.49. The largest absolute Gasteiger partial charge is 0.394 e. The Morgan fingerprint density at radius 2 is 0.688 bits per heavy atom. The first kappa shape index (κ1) is 52.2. The van der Waals surface area contributed by atoms with Crippen LogP contribution in [0.15, 0.2) is 0 Å². The van der Waals surface area contributed by atoms with Crippen LogP contribution in [0.25, 0.3) is 0 Å². The van der Waals surface area contributed by atoms with Crippen molar-refractivity contribution in [2.24, 2.45) is 0 Å². The predicted octanol–water partition coefficient (Wildman–Crippen LogP) is -12.4. The van der Waals surface area contributed by atoms with Crippen LogP contribution in [-0.4, -0.2) is 303 Å². The zero-order valence-electron chi connectivity index (χ0n) is 33.8. The van der Waals surface area contributed by atoms with Crippen LogP contribution >= 0.6 is 0 Å². The number of aliphatic hydroxyl groups excluding tert-OH is 18. The van der Waals surface area contributed by atoms with Gasteiger partial charge in [0.2, 0.25) is 0 Å². The van der Waals surface area contributed by atoms with Crippen LogP contribution < -0.4 is 0 Å². The van der Waals surface area contributed by atoms with E-state index in [0.29, 0.717) is 0 Å². The molecule has 0 saturated carbocycles. The van der Waals surface area contributed by atoms with E-state index < -0.39 is 211 Å². The van der Waals surface area contributed by atoms with Gasteiger partial charge in [-0.25, -0.2) is 0 Å². The number of aliphatic hydroxyl groups is 18. The maximum absolute atomic E-state index is 11.2. The molecule has 6 saturated heterocycles. The van der Waals surface area contributed by atoms with Gasteiger partial charge in [0.1, 0.15) is 134 Å². The molecule has 6 heterocycles. The average molecular weight is 945 g/mol. The summed E-state index contributed by atoms with van der Waals surface area (Å²) in [5.41, 5.74) is 0. The van der Waals surface area contributed by atoms with Crippen molar-refractivity contribution in [2.75, 3.05) is 33.0 Å². The summed E-state index contributed by atoms with van der Waals surface area (Å²) in [6.07, 6.45) is -51.5. The number of hydrogen-bond donors (Lipinski definition) is 18. The third-order valence-electron chi connectivity index (χ3n) is 12.0. The summed E-state index contributed by atoms with van der Waals surface area (Å²) in [6, 6.07) is 0. The Labute approximate surface area is 362 Å². The van der Waals surface area contributed by atoms with Crippen molar-refractivity contribution in [1.29, 1.82) is 0 Å². The first-order chi connectivity index (χ1) is 30.3. The predicted molar refractivity (Wildman–Crippen MR) is 192 cm³/mol. The van der Waals surface area contributed by atoms with E-state index in [1.807, 2.05) is 0 Å². The number of rotatable bonds is 14. The molecule has 0 amide bonds. The van der Waals surface area contributed by atoms with Gasteiger partial charge in [-0.2, -0.15) is 0 Å². The fourth-order valence-corrected chi connectivity index (χ4v) is 8.19. The monoisotopic (exact) mass is 944 g/mol. The Kier molecular flexibility index (Phi) is 18.0. The summed E-state index contributed by atoms with van der Waals surface area (Å²) in [5.74, 6) is 0. The van der Waals surface area contributed by atoms with E-state index >= 15 is 0 Å². The van der Waals surface area contributed by atoms with Gasteiger partial charge in [0.05, 0.1) is 39.1 Å². The van der Waals surface area contributed by atoms with E-state index in [1.165, 1.54) is 6.92 Å². The number of ether oxygens (including phenoxy) is 11. The maximum atomic E-state index is 11.2. The lowest BCUT2D eigenvalue weighted by Crippen LogP contribution is -2.67. The minimum Gasteiger partial charge on any atom is -0.394 e. The lowest BCUT2D eigenvalue weighted by molar-refractivity contribution is -0.392. The van der Waals surface area contributed by atoms with Crippen molar-refractivity contribution in [2.45, 2.75) is 185 Å². The maximum Gasteiger partial charge on any atom is 0.187 e. The van der Waals surface area contributed by atoms with E-state index in [0.717, 1.165) is 0 Å². The van der Waals surface area contributed by atoms with Gasteiger partial charge in [-0.05, 0) is 6.92 Å². The van der Waals surface area contributed by atoms with Gasteiger partial charge in [-0.1, -0.05) is 0 Å². The van der Waals surface area contributed by atoms with Crippen LogP contribution in [0.5, 0.6) is 0 Å². The van der Waals surface area contributed by atoms with Gasteiger partial charge in [0.15, 0.2) is 37.7 Å². The first-order valence-electron chi connectivity index (χ1n) is 20.4. The van der Waals surface area contributed by atoms with Gasteiger partial charge in [-0.15, -0.1) is 0 Å². The molecule has 64 heavy (non-hydrogen) atoms. The van der Waals surface area contributed by atoms with Crippen molar-refractivity contribution in [3.63, 3.8) is 0 Å². The van der Waals surface area contributed by atoms with E-state index in [4.69, 9.17) is 52.1 Å². The molecule has 374 valence electrons. The van der Waals surface area contributed by atoms with Crippen molar-refractivity contribution < 1.29 is 144 Å². The molecule has 6 rings (SSSR count). The van der Waals surface area contributed by atoms with E-state index in [9.17, 15) is 91.9 Å². The van der Waals surface area contributed by atoms with Crippen LogP contribution in [0, 0.1) is 0 Å². The molecule has 29 nitrogen and oxygen atoms in total. The Balaban J connectivity index is 1.04. The Hall–Kier alpha value is -1.16. The van der Waals surface area contributed by atoms with Crippen LogP contribution in [-0.2, 0) is 52.1 Å². The molecular formula is C35H60O29. The highest BCUT2D eigenvalue weighted by Crippen LogP contribution is 2.35. The van der Waals surface area contributed by atoms with Crippen molar-refractivity contribution in [1.82, 2.24) is 0 Å². The molecule has 6 aliphatic heterocycles. The summed E-state index contributed by atoms with van der Waals surface area (Å²) < 4.78 is 60.6. The quantitative estimate of drug-likeness (QED) is 0.0769. The molecule has 29 atom stereocenters. The summed E-state index contributed by atoms with van der Waals surface area (Å²) in [5, 5.41) is 188. The normalized spacial score (nSPS) is 54.1. The summed E-state index contributed by atoms with van der Waals surface area (Å²) >= 11 is 0. The first-order valence-corrected chi connectivity index (χ1v) is 20.4. The molecule has 29 heteroatoms. The molecule has 0 radical (unpaired) electrons. The third kappa shape index (κ3) is 10.5. The minimum absolute atomic E-state index is 0.552. The molecule has 0 spiro atoms. The molecule has 0 aromatic rings. The standard InChI is InChI=1S/C35H60O29/c1-7-26(16(43)20(47)30(53)55-7)61-31-21(48)14(41)12(6-54-31)60-32-23(50)17(44)27(9(3-37)57-32)63-34-25(52)19(46)29(11(5-39)59-34)64-35-24(51)18(45)28(10(4-38)58-35)62-33-22(49)15(42)13(40)8(2-36)56-33/h7-53H,2-6H2,1H3. The molecule has 29 unspecified atom stereocenters. The molecule has 6 aliphatic rings. The molecule has 0 aromatic heterocycles. The topological polar surface area (TPSA) is 466 Å². The molecule has 0 aromatic carbocycles. The Morgan fingerprint density at radius 3 is 1.11 bits per heavy atom. The van der Waals surface area contributed by atoms with Crippen LogP contribution in [0.4, 0.5) is 0 Å². The van der Waals surface area contributed by atoms with Gasteiger partial charge in [0.25, 0.3) is 0 Å². The van der Waals surface area contributed by atoms with Gasteiger partial charge in [0, 0.05) is 0 Å². The second kappa shape index (κ2) is 22.1. The van der Waals surface area contributed by atoms with Gasteiger partial charge >= 0.3 is 0 Å². The smallest absolute Gasteiger partial charge is 0.187 e. The molecule has 0 bridgehead atoms. The van der Waals surface area contributed by atoms with Crippen molar-refractivity contribution >= 4 is 0 Å². The third-order valence-corrected chi connectivity index (χ3v) is 12.0. The highest BCUT2D eigenvalue weighted by atomic mass is 16.8. The van der Waals surface area contributed by atoms with Gasteiger partial charge < -0.3 is 144 Å². The van der Waals surface area contributed by atoms with Crippen molar-refractivity contribution in [3.8, 4) is 0 Å². The SMILES string of the molecule is CC1OC(O)C(O)C(O)C1OC1OCC(OC2OC(CO)C(OC3OC(CO)C(OC4OC(CO)C(OC5OC(CO)C(O)C(O)C5O)C(O)C4O)C(O)C3O)C(O)C2O)C(O)C1O. The second-order valence-electron chi connectivity index (χ2n) is 16.3. The highest BCUT2D eigenvalue weighted by Gasteiger charge is 2.56. The summed E-state index contributed by atoms with van der Waals surface area (Å²) in [7, 11) is 0. The van der Waals surface area contributed by atoms with E-state index in [1.54, 1.807) is 0 Å². The Bertz CT molecular complexity index is 1430. The zero-order chi connectivity index (χ0) is 47.1. The fourth-order valence-electron chi connectivity index (χ4n) is 8.19. The van der Waals surface area contributed by atoms with Gasteiger partial charge in [-0.3, -0.25) is 0 Å². The minimum atomic E-state index is -2.13. The molecule has 6 fully saturated rings. The number of hydrogen-bond acceptors (Lipinski definition) is 29. The van der Waals surface area contributed by atoms with Crippen LogP contribution in [0.2, 0.25) is 0 Å². The highest BCUT2D eigenvalue weighted by molar-refractivity contribution is 4.99. The van der Waals surface area contributed by atoms with Crippen LogP contribution in [0.3, 0.4) is 0 Å². The second-order valence-corrected chi connectivity index (χ2v) is 16.3. The molecular weight excluding hydrogens is 884 g/mol. The summed E-state index contributed by atoms with van der Waals surface area (Å²) in [4.78, 5) is 0. The van der Waals surface area contributed by atoms with Crippen molar-refractivity contribution in [3.05, 3.63) is 0 Å². The Morgan fingerprint density at radius 1 is 0.344 bits per heavy atom. The lowest BCUT2D eigenvalue weighted by atomic mass is 9.95. The van der Waals surface area contributed by atoms with Crippen LogP contribution in [0.1, 0.15) is 6.92 Å². The molecule has 0 aliphatic carbocycles. The fraction of sp³-hybridized carbons (Fsp3) is 1.00. The average Bonchev–Trinajstić information content (AvgIpc) is 3.28. The summed E-state index contributed by atoms with van der Waals surface area (Å²) in [6.45, 7) is -2.85. The van der Waals surface area contributed by atoms with E-state index in [-0.39, 0.29) is 0 Å².